The highest BCUT2D eigenvalue weighted by Crippen LogP contribution is 2.19. The summed E-state index contributed by atoms with van der Waals surface area (Å²) in [5.41, 5.74) is 0.684. The van der Waals surface area contributed by atoms with Crippen molar-refractivity contribution in [2.75, 3.05) is 4.72 Å². The van der Waals surface area contributed by atoms with Gasteiger partial charge >= 0.3 is 4.87 Å². The Balaban J connectivity index is 2.37. The second-order valence-corrected chi connectivity index (χ2v) is 6.30. The van der Waals surface area contributed by atoms with Gasteiger partial charge in [0.25, 0.3) is 10.0 Å². The Kier molecular flexibility index (Phi) is 2.79. The second-order valence-electron chi connectivity index (χ2n) is 3.44. The average molecular weight is 274 g/mol. The third-order valence-electron chi connectivity index (χ3n) is 1.98. The average Bonchev–Trinajstić information content (AvgIpc) is 2.72. The summed E-state index contributed by atoms with van der Waals surface area (Å²) in [5.74, 6) is 0. The predicted molar refractivity (Wildman–Crippen MR) is 63.7 cm³/mol. The van der Waals surface area contributed by atoms with Crippen molar-refractivity contribution in [1.82, 2.24) is 14.8 Å². The molecule has 0 aliphatic carbocycles. The van der Waals surface area contributed by atoms with Crippen LogP contribution in [0.25, 0.3) is 0 Å². The maximum Gasteiger partial charge on any atom is 0.306 e. The molecule has 0 bridgehead atoms. The molecule has 7 nitrogen and oxygen atoms in total. The molecule has 2 aromatic rings. The summed E-state index contributed by atoms with van der Waals surface area (Å²) in [4.78, 5) is 13.1. The van der Waals surface area contributed by atoms with Crippen LogP contribution in [0, 0.1) is 6.92 Å². The lowest BCUT2D eigenvalue weighted by atomic mass is 10.6. The van der Waals surface area contributed by atoms with Crippen molar-refractivity contribution in [2.24, 2.45) is 7.05 Å². The molecular weight excluding hydrogens is 264 g/mol. The third-order valence-corrected chi connectivity index (χ3v) is 4.97. The first kappa shape index (κ1) is 11.9. The van der Waals surface area contributed by atoms with E-state index in [1.54, 1.807) is 7.05 Å². The summed E-state index contributed by atoms with van der Waals surface area (Å²) in [6.07, 6.45) is 2.92. The molecule has 2 rings (SSSR count). The maximum atomic E-state index is 11.9. The first-order chi connectivity index (χ1) is 7.88. The number of hydrogen-bond acceptors (Lipinski definition) is 5. The highest BCUT2D eigenvalue weighted by Gasteiger charge is 2.20. The van der Waals surface area contributed by atoms with E-state index >= 15 is 0 Å². The third kappa shape index (κ3) is 2.39. The standard InChI is InChI=1S/C8H10N4O3S2/c1-5-7(16-8(13)10-5)17(14,15)11-6-3-9-12(2)4-6/h3-4,11H,1-2H3,(H,10,13). The molecule has 0 spiro atoms. The summed E-state index contributed by atoms with van der Waals surface area (Å²) in [6, 6.07) is 0. The normalized spacial score (nSPS) is 11.6. The van der Waals surface area contributed by atoms with Gasteiger partial charge in [-0.2, -0.15) is 5.10 Å². The lowest BCUT2D eigenvalue weighted by molar-refractivity contribution is 0.602. The van der Waals surface area contributed by atoms with E-state index < -0.39 is 14.9 Å². The molecular formula is C8H10N4O3S2. The summed E-state index contributed by atoms with van der Waals surface area (Å²) in [5, 5.41) is 3.85. The first-order valence-corrected chi connectivity index (χ1v) is 6.89. The number of thiazole rings is 1. The molecule has 0 unspecified atom stereocenters. The van der Waals surface area contributed by atoms with Crippen molar-refractivity contribution in [3.8, 4) is 0 Å². The molecule has 0 atom stereocenters. The molecule has 0 aromatic carbocycles. The van der Waals surface area contributed by atoms with Crippen molar-refractivity contribution in [1.29, 1.82) is 0 Å². The minimum atomic E-state index is -3.73. The highest BCUT2D eigenvalue weighted by atomic mass is 32.2. The van der Waals surface area contributed by atoms with Gasteiger partial charge < -0.3 is 4.98 Å². The number of rotatable bonds is 3. The summed E-state index contributed by atoms with van der Waals surface area (Å²) >= 11 is 0.659. The molecule has 0 fully saturated rings. The number of aromatic amines is 1. The lowest BCUT2D eigenvalue weighted by Gasteiger charge is -2.03. The van der Waals surface area contributed by atoms with Gasteiger partial charge in [0.2, 0.25) is 0 Å². The first-order valence-electron chi connectivity index (χ1n) is 4.59. The molecule has 0 saturated heterocycles. The minimum absolute atomic E-state index is 0.00801. The van der Waals surface area contributed by atoms with Gasteiger partial charge in [-0.1, -0.05) is 11.3 Å². The molecule has 0 aliphatic heterocycles. The van der Waals surface area contributed by atoms with Crippen LogP contribution < -0.4 is 9.60 Å². The van der Waals surface area contributed by atoms with E-state index in [-0.39, 0.29) is 4.21 Å². The number of H-pyrrole nitrogens is 1. The Hall–Kier alpha value is -1.61. The number of nitrogens with one attached hydrogen (secondary N) is 2. The zero-order valence-corrected chi connectivity index (χ0v) is 10.7. The van der Waals surface area contributed by atoms with Crippen LogP contribution in [0.5, 0.6) is 0 Å². The van der Waals surface area contributed by atoms with Crippen LogP contribution in [0.15, 0.2) is 21.4 Å². The summed E-state index contributed by atoms with van der Waals surface area (Å²) in [6.45, 7) is 1.54. The molecule has 2 N–H and O–H groups in total. The Morgan fingerprint density at radius 2 is 2.24 bits per heavy atom. The Labute approximate surface area is 101 Å². The van der Waals surface area contributed by atoms with E-state index in [1.165, 1.54) is 24.0 Å². The van der Waals surface area contributed by atoms with Gasteiger partial charge in [0.15, 0.2) is 4.21 Å². The van der Waals surface area contributed by atoms with Crippen LogP contribution in [-0.2, 0) is 17.1 Å². The van der Waals surface area contributed by atoms with E-state index in [4.69, 9.17) is 0 Å². The van der Waals surface area contributed by atoms with Crippen molar-refractivity contribution in [3.05, 3.63) is 27.8 Å². The molecule has 92 valence electrons. The quantitative estimate of drug-likeness (QED) is 0.840. The van der Waals surface area contributed by atoms with Crippen LogP contribution in [0.4, 0.5) is 5.69 Å². The molecule has 0 saturated carbocycles. The smallest absolute Gasteiger partial charge is 0.306 e. The molecule has 2 heterocycles. The summed E-state index contributed by atoms with van der Waals surface area (Å²) in [7, 11) is -2.05. The number of aromatic nitrogens is 3. The van der Waals surface area contributed by atoms with E-state index in [0.717, 1.165) is 0 Å². The van der Waals surface area contributed by atoms with Gasteiger partial charge in [-0.15, -0.1) is 0 Å². The lowest BCUT2D eigenvalue weighted by Crippen LogP contribution is -2.12. The zero-order chi connectivity index (χ0) is 12.6. The second kappa shape index (κ2) is 4.00. The predicted octanol–water partition coefficient (Wildman–Crippen LogP) is 0.279. The largest absolute Gasteiger partial charge is 0.315 e. The minimum Gasteiger partial charge on any atom is -0.315 e. The molecule has 2 aromatic heterocycles. The van der Waals surface area contributed by atoms with E-state index in [9.17, 15) is 13.2 Å². The zero-order valence-electron chi connectivity index (χ0n) is 9.09. The molecule has 9 heteroatoms. The Morgan fingerprint density at radius 1 is 1.53 bits per heavy atom. The van der Waals surface area contributed by atoms with Gasteiger partial charge in [0, 0.05) is 18.9 Å². The van der Waals surface area contributed by atoms with Gasteiger partial charge in [-0.25, -0.2) is 8.42 Å². The van der Waals surface area contributed by atoms with Crippen LogP contribution in [-0.4, -0.2) is 23.2 Å². The fourth-order valence-electron chi connectivity index (χ4n) is 1.32. The van der Waals surface area contributed by atoms with Crippen molar-refractivity contribution >= 4 is 27.0 Å². The van der Waals surface area contributed by atoms with Gasteiger partial charge in [0.1, 0.15) is 0 Å². The topological polar surface area (TPSA) is 96.8 Å². The Bertz CT molecular complexity index is 694. The van der Waals surface area contributed by atoms with Crippen LogP contribution in [0.3, 0.4) is 0 Å². The van der Waals surface area contributed by atoms with Crippen molar-refractivity contribution in [3.63, 3.8) is 0 Å². The summed E-state index contributed by atoms with van der Waals surface area (Å²) < 4.78 is 27.7. The highest BCUT2D eigenvalue weighted by molar-refractivity contribution is 7.94. The maximum absolute atomic E-state index is 11.9. The number of hydrogen-bond donors (Lipinski definition) is 2. The Morgan fingerprint density at radius 3 is 2.71 bits per heavy atom. The number of anilines is 1. The fourth-order valence-corrected chi connectivity index (χ4v) is 3.65. The molecule has 17 heavy (non-hydrogen) atoms. The van der Waals surface area contributed by atoms with Gasteiger partial charge in [-0.05, 0) is 6.92 Å². The van der Waals surface area contributed by atoms with E-state index in [2.05, 4.69) is 14.8 Å². The fraction of sp³-hybridized carbons (Fsp3) is 0.250. The number of aryl methyl sites for hydroxylation is 2. The molecule has 0 amide bonds. The van der Waals surface area contributed by atoms with Gasteiger partial charge in [0.05, 0.1) is 11.9 Å². The van der Waals surface area contributed by atoms with Crippen LogP contribution in [0.2, 0.25) is 0 Å². The SMILES string of the molecule is Cc1[nH]c(=O)sc1S(=O)(=O)Nc1cnn(C)c1. The van der Waals surface area contributed by atoms with Crippen molar-refractivity contribution in [2.45, 2.75) is 11.1 Å². The van der Waals surface area contributed by atoms with E-state index in [1.807, 2.05) is 0 Å². The van der Waals surface area contributed by atoms with E-state index in [0.29, 0.717) is 22.7 Å². The molecule has 0 aliphatic rings. The number of nitrogens with zero attached hydrogens (tertiary/aromatic N) is 2. The van der Waals surface area contributed by atoms with Crippen LogP contribution >= 0.6 is 11.3 Å². The van der Waals surface area contributed by atoms with Gasteiger partial charge in [-0.3, -0.25) is 14.2 Å². The van der Waals surface area contributed by atoms with Crippen LogP contribution in [0.1, 0.15) is 5.69 Å². The monoisotopic (exact) mass is 274 g/mol. The molecule has 0 radical (unpaired) electrons. The van der Waals surface area contributed by atoms with Crippen molar-refractivity contribution < 1.29 is 8.42 Å². The number of sulfonamides is 1.